The van der Waals surface area contributed by atoms with E-state index in [0.29, 0.717) is 31.1 Å². The maximum Gasteiger partial charge on any atom is 0.270 e. The fraction of sp³-hybridized carbons (Fsp3) is 0.333. The van der Waals surface area contributed by atoms with Crippen LogP contribution in [0.4, 0.5) is 11.5 Å². The Bertz CT molecular complexity index is 1830. The Morgan fingerprint density at radius 3 is 2.57 bits per heavy atom. The first-order valence-corrected chi connectivity index (χ1v) is 15.5. The highest BCUT2D eigenvalue weighted by molar-refractivity contribution is 7.90. The van der Waals surface area contributed by atoms with Crippen molar-refractivity contribution < 1.29 is 22.7 Å². The lowest BCUT2D eigenvalue weighted by Gasteiger charge is -2.38. The summed E-state index contributed by atoms with van der Waals surface area (Å²) in [7, 11) is -3.80. The van der Waals surface area contributed by atoms with Crippen molar-refractivity contribution in [2.24, 2.45) is 0 Å². The number of sulfonamides is 1. The number of ether oxygens (including phenoxy) is 1. The van der Waals surface area contributed by atoms with Gasteiger partial charge in [0.25, 0.3) is 11.8 Å². The van der Waals surface area contributed by atoms with Crippen LogP contribution in [0.1, 0.15) is 57.2 Å². The van der Waals surface area contributed by atoms with Crippen molar-refractivity contribution in [3.05, 3.63) is 82.7 Å². The van der Waals surface area contributed by atoms with Crippen molar-refractivity contribution in [1.82, 2.24) is 24.2 Å². The van der Waals surface area contributed by atoms with Gasteiger partial charge in [-0.25, -0.2) is 18.1 Å². The molecule has 0 saturated carbocycles. The Kier molecular flexibility index (Phi) is 6.88. The lowest BCUT2D eigenvalue weighted by molar-refractivity contribution is 0.0646. The molecule has 2 N–H and O–H groups in total. The van der Waals surface area contributed by atoms with Gasteiger partial charge >= 0.3 is 0 Å². The molecule has 11 nitrogen and oxygen atoms in total. The molecule has 6 rings (SSSR count). The predicted octanol–water partition coefficient (Wildman–Crippen LogP) is 3.74. The second-order valence-electron chi connectivity index (χ2n) is 10.9. The van der Waals surface area contributed by atoms with Gasteiger partial charge in [0.2, 0.25) is 10.0 Å². The van der Waals surface area contributed by atoms with Crippen molar-refractivity contribution in [1.29, 1.82) is 0 Å². The topological polar surface area (TPSA) is 135 Å². The number of carbonyl (C=O) groups is 2. The minimum atomic E-state index is -3.80. The number of rotatable bonds is 6. The molecule has 12 heteroatoms. The van der Waals surface area contributed by atoms with Crippen molar-refractivity contribution in [3.63, 3.8) is 0 Å². The molecule has 0 bridgehead atoms. The van der Waals surface area contributed by atoms with Crippen LogP contribution in [0, 0.1) is 13.8 Å². The number of para-hydroxylation sites is 1. The average Bonchev–Trinajstić information content (AvgIpc) is 3.58. The monoisotopic (exact) mass is 588 g/mol. The SMILES string of the molecule is CCS(=O)(=O)NC(=O)c1cnn2c(Nc3cc(C)ccc3C)c(C(=O)N3CCC4(CC3)COc3ccccc34)cnc12. The fourth-order valence-corrected chi connectivity index (χ4v) is 6.22. The van der Waals surface area contributed by atoms with E-state index in [1.807, 2.05) is 59.9 Å². The molecule has 0 radical (unpaired) electrons. The van der Waals surface area contributed by atoms with Gasteiger partial charge in [-0.1, -0.05) is 30.3 Å². The first-order valence-electron chi connectivity index (χ1n) is 13.9. The number of nitrogens with one attached hydrogen (secondary N) is 2. The smallest absolute Gasteiger partial charge is 0.270 e. The molecule has 1 fully saturated rings. The number of piperidine rings is 1. The summed E-state index contributed by atoms with van der Waals surface area (Å²) in [4.78, 5) is 33.1. The third-order valence-corrected chi connectivity index (χ3v) is 9.50. The van der Waals surface area contributed by atoms with Crippen LogP contribution in [0.25, 0.3) is 5.65 Å². The van der Waals surface area contributed by atoms with E-state index in [4.69, 9.17) is 4.74 Å². The molecule has 218 valence electrons. The first kappa shape index (κ1) is 27.7. The Morgan fingerprint density at radius 1 is 1.05 bits per heavy atom. The van der Waals surface area contributed by atoms with Gasteiger partial charge in [0.05, 0.1) is 18.6 Å². The Morgan fingerprint density at radius 2 is 1.81 bits per heavy atom. The molecule has 0 unspecified atom stereocenters. The van der Waals surface area contributed by atoms with Crippen LogP contribution in [0.5, 0.6) is 5.75 Å². The van der Waals surface area contributed by atoms with E-state index in [1.54, 1.807) is 0 Å². The van der Waals surface area contributed by atoms with Gasteiger partial charge < -0.3 is 15.0 Å². The van der Waals surface area contributed by atoms with Crippen LogP contribution in [0.15, 0.2) is 54.9 Å². The summed E-state index contributed by atoms with van der Waals surface area (Å²) in [6.07, 6.45) is 4.22. The molecule has 0 aliphatic carbocycles. The van der Waals surface area contributed by atoms with Crippen LogP contribution in [0.2, 0.25) is 0 Å². The maximum absolute atomic E-state index is 14.0. The summed E-state index contributed by atoms with van der Waals surface area (Å²) in [6, 6.07) is 14.0. The fourth-order valence-electron chi connectivity index (χ4n) is 5.68. The molecule has 1 spiro atoms. The molecule has 4 aromatic rings. The van der Waals surface area contributed by atoms with E-state index in [1.165, 1.54) is 29.4 Å². The standard InChI is InChI=1S/C30H32N6O5S/c1-4-42(39,40)34-28(37)21-17-32-36-26(21)31-16-22(27(36)33-24-15-19(2)9-10-20(24)3)29(38)35-13-11-30(12-14-35)18-41-25-8-6-5-7-23(25)30/h5-10,15-17,33H,4,11-14,18H2,1-3H3,(H,34,37). The van der Waals surface area contributed by atoms with E-state index >= 15 is 0 Å². The number of fused-ring (bicyclic) bond motifs is 3. The number of aryl methyl sites for hydroxylation is 2. The zero-order chi connectivity index (χ0) is 29.6. The lowest BCUT2D eigenvalue weighted by Crippen LogP contribution is -2.46. The number of aromatic nitrogens is 3. The normalized spacial score (nSPS) is 15.8. The lowest BCUT2D eigenvalue weighted by atomic mass is 9.74. The minimum Gasteiger partial charge on any atom is -0.492 e. The average molecular weight is 589 g/mol. The number of amides is 2. The third-order valence-electron chi connectivity index (χ3n) is 8.25. The van der Waals surface area contributed by atoms with Gasteiger partial charge in [-0.2, -0.15) is 9.61 Å². The molecule has 0 atom stereocenters. The first-order chi connectivity index (χ1) is 20.1. The highest BCUT2D eigenvalue weighted by Gasteiger charge is 2.44. The van der Waals surface area contributed by atoms with Gasteiger partial charge in [-0.15, -0.1) is 0 Å². The number of likely N-dealkylation sites (tertiary alicyclic amines) is 1. The van der Waals surface area contributed by atoms with Crippen LogP contribution < -0.4 is 14.8 Å². The predicted molar refractivity (Wildman–Crippen MR) is 158 cm³/mol. The third kappa shape index (κ3) is 4.85. The Balaban J connectivity index is 1.35. The van der Waals surface area contributed by atoms with E-state index in [-0.39, 0.29) is 28.3 Å². The van der Waals surface area contributed by atoms with Gasteiger partial charge in [0, 0.05) is 36.0 Å². The zero-order valence-corrected chi connectivity index (χ0v) is 24.5. The summed E-state index contributed by atoms with van der Waals surface area (Å²) in [5, 5.41) is 7.72. The van der Waals surface area contributed by atoms with E-state index < -0.39 is 15.9 Å². The van der Waals surface area contributed by atoms with Gasteiger partial charge in [-0.3, -0.25) is 9.59 Å². The molecule has 2 aliphatic rings. The Hall–Kier alpha value is -4.45. The summed E-state index contributed by atoms with van der Waals surface area (Å²) in [6.45, 7) is 7.04. The van der Waals surface area contributed by atoms with E-state index in [2.05, 4.69) is 21.5 Å². The largest absolute Gasteiger partial charge is 0.492 e. The van der Waals surface area contributed by atoms with Crippen LogP contribution in [0.3, 0.4) is 0 Å². The zero-order valence-electron chi connectivity index (χ0n) is 23.7. The summed E-state index contributed by atoms with van der Waals surface area (Å²) in [5.74, 6) is -0.0489. The van der Waals surface area contributed by atoms with Crippen molar-refractivity contribution >= 4 is 39.0 Å². The number of nitrogens with zero attached hydrogens (tertiary/aromatic N) is 4. The summed E-state index contributed by atoms with van der Waals surface area (Å²) in [5.41, 5.74) is 4.22. The molecule has 4 heterocycles. The van der Waals surface area contributed by atoms with E-state index in [9.17, 15) is 18.0 Å². The molecule has 2 amide bonds. The van der Waals surface area contributed by atoms with Crippen LogP contribution in [-0.4, -0.2) is 65.2 Å². The molecular formula is C30H32N6O5S. The minimum absolute atomic E-state index is 0.0187. The molecule has 2 aliphatic heterocycles. The van der Waals surface area contributed by atoms with Gasteiger partial charge in [0.1, 0.15) is 22.7 Å². The van der Waals surface area contributed by atoms with Gasteiger partial charge in [-0.05, 0) is 56.9 Å². The van der Waals surface area contributed by atoms with Crippen molar-refractivity contribution in [3.8, 4) is 5.75 Å². The second kappa shape index (κ2) is 10.4. The number of hydrogen-bond acceptors (Lipinski definition) is 8. The Labute approximate surface area is 243 Å². The number of benzene rings is 2. The highest BCUT2D eigenvalue weighted by atomic mass is 32.2. The number of hydrogen-bond donors (Lipinski definition) is 2. The molecule has 42 heavy (non-hydrogen) atoms. The van der Waals surface area contributed by atoms with Gasteiger partial charge in [0.15, 0.2) is 5.65 Å². The van der Waals surface area contributed by atoms with E-state index in [0.717, 1.165) is 35.4 Å². The number of anilines is 2. The molecule has 1 saturated heterocycles. The van der Waals surface area contributed by atoms with Crippen molar-refractivity contribution in [2.75, 3.05) is 30.8 Å². The van der Waals surface area contributed by atoms with Crippen LogP contribution >= 0.6 is 0 Å². The summed E-state index contributed by atoms with van der Waals surface area (Å²) >= 11 is 0. The number of carbonyl (C=O) groups excluding carboxylic acids is 2. The molecule has 2 aromatic carbocycles. The second-order valence-corrected chi connectivity index (χ2v) is 13.0. The molecular weight excluding hydrogens is 556 g/mol. The quantitative estimate of drug-likeness (QED) is 0.348. The van der Waals surface area contributed by atoms with Crippen molar-refractivity contribution in [2.45, 2.75) is 39.0 Å². The maximum atomic E-state index is 14.0. The van der Waals surface area contributed by atoms with Crippen LogP contribution in [-0.2, 0) is 15.4 Å². The summed E-state index contributed by atoms with van der Waals surface area (Å²) < 4.78 is 33.5. The molecule has 2 aromatic heterocycles. The highest BCUT2D eigenvalue weighted by Crippen LogP contribution is 2.45.